The molecule has 0 N–H and O–H groups in total. The highest BCUT2D eigenvalue weighted by molar-refractivity contribution is 5.85. The van der Waals surface area contributed by atoms with Crippen LogP contribution in [-0.2, 0) is 23.9 Å². The Bertz CT molecular complexity index is 296. The zero-order valence-corrected chi connectivity index (χ0v) is 10.8. The van der Waals surface area contributed by atoms with Crippen LogP contribution >= 0.6 is 0 Å². The van der Waals surface area contributed by atoms with E-state index in [9.17, 15) is 14.4 Å². The summed E-state index contributed by atoms with van der Waals surface area (Å²) in [5.41, 5.74) is 0. The van der Waals surface area contributed by atoms with Crippen molar-refractivity contribution in [1.29, 1.82) is 0 Å². The second-order valence-corrected chi connectivity index (χ2v) is 3.78. The Morgan fingerprint density at radius 1 is 1.06 bits per heavy atom. The highest BCUT2D eigenvalue weighted by Crippen LogP contribution is 2.02. The maximum absolute atomic E-state index is 11.2. The number of rotatable bonds is 9. The molecule has 0 atom stereocenters. The van der Waals surface area contributed by atoms with Crippen LogP contribution < -0.4 is 0 Å². The molecule has 0 aromatic heterocycles. The summed E-state index contributed by atoms with van der Waals surface area (Å²) in [7, 11) is 0. The van der Waals surface area contributed by atoms with Crippen LogP contribution in [0, 0.1) is 0 Å². The van der Waals surface area contributed by atoms with Crippen molar-refractivity contribution in [2.24, 2.45) is 0 Å². The van der Waals surface area contributed by atoms with Crippen LogP contribution in [0.4, 0.5) is 0 Å². The van der Waals surface area contributed by atoms with Crippen LogP contribution in [0.2, 0.25) is 0 Å². The third-order valence-corrected chi connectivity index (χ3v) is 2.15. The Labute approximate surface area is 107 Å². The molecule has 0 aliphatic rings. The number of hydrogen-bond donors (Lipinski definition) is 0. The van der Waals surface area contributed by atoms with Gasteiger partial charge in [0.2, 0.25) is 0 Å². The maximum Gasteiger partial charge on any atom is 0.330 e. The van der Waals surface area contributed by atoms with E-state index >= 15 is 0 Å². The first-order valence-corrected chi connectivity index (χ1v) is 6.12. The van der Waals surface area contributed by atoms with E-state index in [1.165, 1.54) is 0 Å². The number of ether oxygens (including phenoxy) is 2. The zero-order chi connectivity index (χ0) is 13.8. The number of carbonyl (C=O) groups is 3. The van der Waals surface area contributed by atoms with Crippen molar-refractivity contribution in [2.75, 3.05) is 6.61 Å². The van der Waals surface area contributed by atoms with E-state index in [0.29, 0.717) is 12.8 Å². The molecule has 102 valence electrons. The molecule has 0 aliphatic heterocycles. The van der Waals surface area contributed by atoms with Gasteiger partial charge in [0, 0.05) is 18.9 Å². The number of hydrogen-bond acceptors (Lipinski definition) is 5. The Kier molecular flexibility index (Phi) is 9.54. The van der Waals surface area contributed by atoms with Gasteiger partial charge in [0.25, 0.3) is 0 Å². The van der Waals surface area contributed by atoms with E-state index in [-0.39, 0.29) is 19.4 Å². The van der Waals surface area contributed by atoms with E-state index in [0.717, 1.165) is 18.9 Å². The lowest BCUT2D eigenvalue weighted by atomic mass is 10.2. The quantitative estimate of drug-likeness (QED) is 0.273. The fourth-order valence-electron chi connectivity index (χ4n) is 1.15. The van der Waals surface area contributed by atoms with Crippen molar-refractivity contribution < 1.29 is 23.9 Å². The second kappa shape index (κ2) is 10.5. The third kappa shape index (κ3) is 9.57. The zero-order valence-electron chi connectivity index (χ0n) is 10.8. The van der Waals surface area contributed by atoms with Crippen LogP contribution in [0.25, 0.3) is 0 Å². The molecule has 0 radical (unpaired) electrons. The van der Waals surface area contributed by atoms with Gasteiger partial charge in [0.05, 0.1) is 6.61 Å². The van der Waals surface area contributed by atoms with Gasteiger partial charge in [-0.15, -0.1) is 0 Å². The van der Waals surface area contributed by atoms with Crippen LogP contribution in [0.5, 0.6) is 0 Å². The normalized spacial score (nSPS) is 9.61. The Hall–Kier alpha value is -1.65. The first-order valence-electron chi connectivity index (χ1n) is 6.12. The van der Waals surface area contributed by atoms with Gasteiger partial charge in [-0.1, -0.05) is 19.9 Å². The van der Waals surface area contributed by atoms with Crippen molar-refractivity contribution >= 4 is 17.9 Å². The molecular weight excluding hydrogens is 236 g/mol. The molecule has 0 bridgehead atoms. The summed E-state index contributed by atoms with van der Waals surface area (Å²) in [4.78, 5) is 33.0. The molecule has 0 saturated heterocycles. The van der Waals surface area contributed by atoms with Crippen LogP contribution in [0.3, 0.4) is 0 Å². The minimum Gasteiger partial charge on any atom is -0.463 e. The van der Waals surface area contributed by atoms with Gasteiger partial charge in [-0.25, -0.2) is 4.79 Å². The molecule has 5 heteroatoms. The molecule has 0 aliphatic carbocycles. The smallest absolute Gasteiger partial charge is 0.330 e. The Morgan fingerprint density at radius 2 is 1.67 bits per heavy atom. The summed E-state index contributed by atoms with van der Waals surface area (Å²) in [5, 5.41) is 0. The first kappa shape index (κ1) is 16.4. The van der Waals surface area contributed by atoms with Gasteiger partial charge in [-0.05, 0) is 19.3 Å². The average Bonchev–Trinajstić information content (AvgIpc) is 2.35. The third-order valence-electron chi connectivity index (χ3n) is 2.15. The van der Waals surface area contributed by atoms with E-state index in [1.807, 2.05) is 6.92 Å². The molecule has 0 rings (SSSR count). The molecular formula is C13H20O5. The van der Waals surface area contributed by atoms with Crippen molar-refractivity contribution in [1.82, 2.24) is 0 Å². The molecule has 0 aromatic rings. The highest BCUT2D eigenvalue weighted by Gasteiger charge is 2.09. The van der Waals surface area contributed by atoms with E-state index in [4.69, 9.17) is 4.74 Å². The minimum absolute atomic E-state index is 0.156. The van der Waals surface area contributed by atoms with Crippen LogP contribution in [-0.4, -0.2) is 24.5 Å². The lowest BCUT2D eigenvalue weighted by molar-refractivity contribution is -0.159. The van der Waals surface area contributed by atoms with E-state index in [1.54, 1.807) is 0 Å². The van der Waals surface area contributed by atoms with Crippen molar-refractivity contribution in [3.63, 3.8) is 0 Å². The monoisotopic (exact) mass is 256 g/mol. The summed E-state index contributed by atoms with van der Waals surface area (Å²) in [5.74, 6) is -1.47. The van der Waals surface area contributed by atoms with Crippen LogP contribution in [0.1, 0.15) is 45.4 Å². The molecule has 0 fully saturated rings. The molecule has 0 saturated carbocycles. The SMILES string of the molecule is C=CC(=O)OCCCCC(=O)OC(=O)CCCC. The summed E-state index contributed by atoms with van der Waals surface area (Å²) in [6.07, 6.45) is 4.20. The predicted molar refractivity (Wildman–Crippen MR) is 65.6 cm³/mol. The van der Waals surface area contributed by atoms with Gasteiger partial charge in [0.15, 0.2) is 0 Å². The highest BCUT2D eigenvalue weighted by atomic mass is 16.6. The van der Waals surface area contributed by atoms with Gasteiger partial charge in [0.1, 0.15) is 0 Å². The second-order valence-electron chi connectivity index (χ2n) is 3.78. The molecule has 0 spiro atoms. The molecule has 0 amide bonds. The van der Waals surface area contributed by atoms with E-state index < -0.39 is 17.9 Å². The van der Waals surface area contributed by atoms with E-state index in [2.05, 4.69) is 11.3 Å². The minimum atomic E-state index is -0.522. The number of carbonyl (C=O) groups excluding carboxylic acids is 3. The number of unbranched alkanes of at least 4 members (excludes halogenated alkanes) is 2. The fraction of sp³-hybridized carbons (Fsp3) is 0.615. The maximum atomic E-state index is 11.2. The fourth-order valence-corrected chi connectivity index (χ4v) is 1.15. The topological polar surface area (TPSA) is 69.7 Å². The molecule has 5 nitrogen and oxygen atoms in total. The average molecular weight is 256 g/mol. The van der Waals surface area contributed by atoms with Crippen molar-refractivity contribution in [2.45, 2.75) is 45.4 Å². The van der Waals surface area contributed by atoms with Gasteiger partial charge >= 0.3 is 17.9 Å². The lowest BCUT2D eigenvalue weighted by Crippen LogP contribution is -2.12. The Balaban J connectivity index is 3.50. The Morgan fingerprint density at radius 3 is 2.22 bits per heavy atom. The first-order chi connectivity index (χ1) is 8.60. The standard InChI is InChI=1S/C13H20O5/c1-3-5-8-12(15)18-13(16)9-6-7-10-17-11(14)4-2/h4H,2-3,5-10H2,1H3. The summed E-state index contributed by atoms with van der Waals surface area (Å²) in [6, 6.07) is 0. The summed E-state index contributed by atoms with van der Waals surface area (Å²) in [6.45, 7) is 5.45. The van der Waals surface area contributed by atoms with Gasteiger partial charge in [-0.3, -0.25) is 9.59 Å². The largest absolute Gasteiger partial charge is 0.463 e. The van der Waals surface area contributed by atoms with Gasteiger partial charge in [-0.2, -0.15) is 0 Å². The lowest BCUT2D eigenvalue weighted by Gasteiger charge is -2.03. The molecule has 18 heavy (non-hydrogen) atoms. The van der Waals surface area contributed by atoms with Gasteiger partial charge < -0.3 is 9.47 Å². The predicted octanol–water partition coefficient (Wildman–Crippen LogP) is 2.15. The molecule has 0 heterocycles. The molecule has 0 aromatic carbocycles. The number of esters is 3. The summed E-state index contributed by atoms with van der Waals surface area (Å²) < 4.78 is 9.33. The van der Waals surface area contributed by atoms with Crippen LogP contribution in [0.15, 0.2) is 12.7 Å². The van der Waals surface area contributed by atoms with Crippen molar-refractivity contribution in [3.05, 3.63) is 12.7 Å². The molecule has 0 unspecified atom stereocenters. The van der Waals surface area contributed by atoms with Crippen molar-refractivity contribution in [3.8, 4) is 0 Å². The summed E-state index contributed by atoms with van der Waals surface area (Å²) >= 11 is 0.